The number of aryl methyl sites for hydroxylation is 2. The van der Waals surface area contributed by atoms with Crippen molar-refractivity contribution in [2.75, 3.05) is 6.54 Å². The molecular formula is C13H24N4O. The van der Waals surface area contributed by atoms with E-state index in [2.05, 4.69) is 30.3 Å². The first-order chi connectivity index (χ1) is 8.40. The maximum absolute atomic E-state index is 11.2. The second-order valence-electron chi connectivity index (χ2n) is 5.15. The molecule has 0 saturated carbocycles. The molecule has 0 spiro atoms. The smallest absolute Gasteiger partial charge is 0.224 e. The van der Waals surface area contributed by atoms with Gasteiger partial charge in [-0.3, -0.25) is 9.48 Å². The van der Waals surface area contributed by atoms with Crippen LogP contribution in [0.4, 0.5) is 0 Å². The Bertz CT molecular complexity index is 409. The van der Waals surface area contributed by atoms with E-state index in [1.165, 1.54) is 0 Å². The predicted octanol–water partition coefficient (Wildman–Crippen LogP) is 1.07. The van der Waals surface area contributed by atoms with E-state index in [9.17, 15) is 4.79 Å². The SMILES string of the molecule is CCc1cc(CNCC(C)(C)C(N)=O)n(CC)n1. The van der Waals surface area contributed by atoms with E-state index < -0.39 is 5.41 Å². The standard InChI is InChI=1S/C13H24N4O/c1-5-10-7-11(17(6-2)16-10)8-15-9-13(3,4)12(14)18/h7,15H,5-6,8-9H2,1-4H3,(H2,14,18). The number of amides is 1. The van der Waals surface area contributed by atoms with Crippen molar-refractivity contribution < 1.29 is 4.79 Å². The van der Waals surface area contributed by atoms with Crippen LogP contribution in [0.2, 0.25) is 0 Å². The van der Waals surface area contributed by atoms with Crippen molar-refractivity contribution in [3.63, 3.8) is 0 Å². The summed E-state index contributed by atoms with van der Waals surface area (Å²) in [7, 11) is 0. The van der Waals surface area contributed by atoms with Gasteiger partial charge in [0.2, 0.25) is 5.91 Å². The number of nitrogens with zero attached hydrogens (tertiary/aromatic N) is 2. The molecule has 0 aliphatic heterocycles. The van der Waals surface area contributed by atoms with Gasteiger partial charge in [-0.15, -0.1) is 0 Å². The van der Waals surface area contributed by atoms with Gasteiger partial charge in [0.25, 0.3) is 0 Å². The lowest BCUT2D eigenvalue weighted by atomic mass is 9.93. The van der Waals surface area contributed by atoms with E-state index in [0.29, 0.717) is 13.1 Å². The molecule has 0 aliphatic rings. The Morgan fingerprint density at radius 2 is 2.17 bits per heavy atom. The molecule has 0 aromatic carbocycles. The van der Waals surface area contributed by atoms with E-state index >= 15 is 0 Å². The van der Waals surface area contributed by atoms with E-state index in [1.807, 2.05) is 18.5 Å². The van der Waals surface area contributed by atoms with Gasteiger partial charge in [-0.1, -0.05) is 6.92 Å². The topological polar surface area (TPSA) is 72.9 Å². The van der Waals surface area contributed by atoms with Crippen LogP contribution >= 0.6 is 0 Å². The molecule has 102 valence electrons. The van der Waals surface area contributed by atoms with Crippen LogP contribution in [-0.2, 0) is 24.3 Å². The first-order valence-corrected chi connectivity index (χ1v) is 6.47. The molecule has 1 aromatic rings. The van der Waals surface area contributed by atoms with Crippen LogP contribution in [0, 0.1) is 5.41 Å². The van der Waals surface area contributed by atoms with Gasteiger partial charge >= 0.3 is 0 Å². The first-order valence-electron chi connectivity index (χ1n) is 6.47. The molecular weight excluding hydrogens is 228 g/mol. The highest BCUT2D eigenvalue weighted by Crippen LogP contribution is 2.12. The van der Waals surface area contributed by atoms with Crippen LogP contribution < -0.4 is 11.1 Å². The maximum Gasteiger partial charge on any atom is 0.224 e. The molecule has 1 amide bonds. The zero-order valence-corrected chi connectivity index (χ0v) is 11.8. The third kappa shape index (κ3) is 3.57. The van der Waals surface area contributed by atoms with Crippen molar-refractivity contribution in [1.29, 1.82) is 0 Å². The van der Waals surface area contributed by atoms with Gasteiger partial charge < -0.3 is 11.1 Å². The molecule has 1 aromatic heterocycles. The molecule has 5 heteroatoms. The number of hydrogen-bond donors (Lipinski definition) is 2. The fourth-order valence-corrected chi connectivity index (χ4v) is 1.69. The Balaban J connectivity index is 2.58. The largest absolute Gasteiger partial charge is 0.369 e. The average molecular weight is 252 g/mol. The molecule has 0 unspecified atom stereocenters. The van der Waals surface area contributed by atoms with Crippen molar-refractivity contribution in [3.05, 3.63) is 17.5 Å². The highest BCUT2D eigenvalue weighted by Gasteiger charge is 2.24. The highest BCUT2D eigenvalue weighted by atomic mass is 16.1. The molecule has 0 saturated heterocycles. The Morgan fingerprint density at radius 1 is 1.50 bits per heavy atom. The summed E-state index contributed by atoms with van der Waals surface area (Å²) in [6, 6.07) is 2.10. The van der Waals surface area contributed by atoms with Gasteiger partial charge in [0, 0.05) is 19.6 Å². The van der Waals surface area contributed by atoms with Gasteiger partial charge in [0.15, 0.2) is 0 Å². The molecule has 0 bridgehead atoms. The molecule has 1 rings (SSSR count). The lowest BCUT2D eigenvalue weighted by molar-refractivity contribution is -0.125. The van der Waals surface area contributed by atoms with Crippen LogP contribution in [0.25, 0.3) is 0 Å². The summed E-state index contributed by atoms with van der Waals surface area (Å²) in [5.41, 5.74) is 7.06. The van der Waals surface area contributed by atoms with E-state index in [-0.39, 0.29) is 5.91 Å². The zero-order valence-electron chi connectivity index (χ0n) is 11.8. The summed E-state index contributed by atoms with van der Waals surface area (Å²) in [6.45, 7) is 9.99. The maximum atomic E-state index is 11.2. The molecule has 18 heavy (non-hydrogen) atoms. The van der Waals surface area contributed by atoms with Crippen LogP contribution in [0.1, 0.15) is 39.1 Å². The quantitative estimate of drug-likeness (QED) is 0.762. The summed E-state index contributed by atoms with van der Waals surface area (Å²) in [5.74, 6) is -0.284. The summed E-state index contributed by atoms with van der Waals surface area (Å²) >= 11 is 0. The normalized spacial score (nSPS) is 11.8. The number of nitrogens with two attached hydrogens (primary N) is 1. The number of nitrogens with one attached hydrogen (secondary N) is 1. The van der Waals surface area contributed by atoms with Crippen LogP contribution in [0.3, 0.4) is 0 Å². The lowest BCUT2D eigenvalue weighted by Crippen LogP contribution is -2.40. The Labute approximate surface area is 109 Å². The lowest BCUT2D eigenvalue weighted by Gasteiger charge is -2.20. The van der Waals surface area contributed by atoms with Crippen molar-refractivity contribution in [2.45, 2.75) is 47.2 Å². The Hall–Kier alpha value is -1.36. The van der Waals surface area contributed by atoms with E-state index in [0.717, 1.165) is 24.4 Å². The Kier molecular flexibility index (Phi) is 4.90. The van der Waals surface area contributed by atoms with Gasteiger partial charge in [-0.2, -0.15) is 5.10 Å². The monoisotopic (exact) mass is 252 g/mol. The molecule has 0 atom stereocenters. The van der Waals surface area contributed by atoms with Gasteiger partial charge in [0.1, 0.15) is 0 Å². The van der Waals surface area contributed by atoms with Gasteiger partial charge in [-0.05, 0) is 33.3 Å². The fraction of sp³-hybridized carbons (Fsp3) is 0.692. The second-order valence-corrected chi connectivity index (χ2v) is 5.15. The summed E-state index contributed by atoms with van der Waals surface area (Å²) in [6.07, 6.45) is 0.937. The Morgan fingerprint density at radius 3 is 2.67 bits per heavy atom. The average Bonchev–Trinajstić information content (AvgIpc) is 2.71. The summed E-state index contributed by atoms with van der Waals surface area (Å²) < 4.78 is 1.99. The molecule has 0 fully saturated rings. The van der Waals surface area contributed by atoms with E-state index in [1.54, 1.807) is 0 Å². The number of carbonyl (C=O) groups is 1. The minimum absolute atomic E-state index is 0.284. The third-order valence-corrected chi connectivity index (χ3v) is 3.12. The molecule has 0 radical (unpaired) electrons. The van der Waals surface area contributed by atoms with Gasteiger partial charge in [0.05, 0.1) is 16.8 Å². The molecule has 1 heterocycles. The minimum Gasteiger partial charge on any atom is -0.369 e. The number of hydrogen-bond acceptors (Lipinski definition) is 3. The van der Waals surface area contributed by atoms with Crippen molar-refractivity contribution in [2.24, 2.45) is 11.1 Å². The predicted molar refractivity (Wildman–Crippen MR) is 72.0 cm³/mol. The second kappa shape index (κ2) is 6.00. The number of rotatable bonds is 7. The highest BCUT2D eigenvalue weighted by molar-refractivity contribution is 5.80. The van der Waals surface area contributed by atoms with Crippen LogP contribution in [0.15, 0.2) is 6.07 Å². The number of primary amides is 1. The van der Waals surface area contributed by atoms with Crippen LogP contribution in [-0.4, -0.2) is 22.2 Å². The summed E-state index contributed by atoms with van der Waals surface area (Å²) in [4.78, 5) is 11.2. The zero-order chi connectivity index (χ0) is 13.8. The first kappa shape index (κ1) is 14.7. The van der Waals surface area contributed by atoms with Crippen molar-refractivity contribution >= 4 is 5.91 Å². The van der Waals surface area contributed by atoms with E-state index in [4.69, 9.17) is 5.73 Å². The van der Waals surface area contributed by atoms with Crippen molar-refractivity contribution in [3.8, 4) is 0 Å². The minimum atomic E-state index is -0.523. The van der Waals surface area contributed by atoms with Crippen LogP contribution in [0.5, 0.6) is 0 Å². The molecule has 0 aliphatic carbocycles. The third-order valence-electron chi connectivity index (χ3n) is 3.12. The summed E-state index contributed by atoms with van der Waals surface area (Å²) in [5, 5.41) is 7.76. The number of carbonyl (C=O) groups excluding carboxylic acids is 1. The molecule has 5 nitrogen and oxygen atoms in total. The van der Waals surface area contributed by atoms with Crippen molar-refractivity contribution in [1.82, 2.24) is 15.1 Å². The fourth-order valence-electron chi connectivity index (χ4n) is 1.69. The molecule has 3 N–H and O–H groups in total. The number of aromatic nitrogens is 2. The van der Waals surface area contributed by atoms with Gasteiger partial charge in [-0.25, -0.2) is 0 Å².